The molecule has 18 heavy (non-hydrogen) atoms. The Morgan fingerprint density at radius 1 is 1.39 bits per heavy atom. The van der Waals surface area contributed by atoms with Crippen molar-refractivity contribution in [3.05, 3.63) is 16.8 Å². The molecule has 1 aromatic rings. The van der Waals surface area contributed by atoms with Crippen molar-refractivity contribution in [3.63, 3.8) is 0 Å². The van der Waals surface area contributed by atoms with Gasteiger partial charge >= 0.3 is 0 Å². The van der Waals surface area contributed by atoms with Gasteiger partial charge in [-0.1, -0.05) is 0 Å². The highest BCUT2D eigenvalue weighted by atomic mass is 16.2. The summed E-state index contributed by atoms with van der Waals surface area (Å²) in [5, 5.41) is 11.2. The molecule has 0 aliphatic carbocycles. The van der Waals surface area contributed by atoms with Crippen LogP contribution >= 0.6 is 0 Å². The number of carbonyl (C=O) groups is 1. The van der Waals surface area contributed by atoms with Crippen LogP contribution < -0.4 is 16.0 Å². The third-order valence-electron chi connectivity index (χ3n) is 3.33. The Hall–Kier alpha value is -1.69. The summed E-state index contributed by atoms with van der Waals surface area (Å²) in [5.41, 5.74) is 8.74. The second-order valence-corrected chi connectivity index (χ2v) is 4.54. The van der Waals surface area contributed by atoms with Crippen molar-refractivity contribution in [3.8, 4) is 0 Å². The maximum atomic E-state index is 11.6. The molecule has 1 amide bonds. The van der Waals surface area contributed by atoms with Crippen LogP contribution in [0.15, 0.2) is 0 Å². The van der Waals surface area contributed by atoms with E-state index in [2.05, 4.69) is 15.5 Å². The summed E-state index contributed by atoms with van der Waals surface area (Å²) >= 11 is 0. The van der Waals surface area contributed by atoms with Gasteiger partial charge in [0.25, 0.3) is 0 Å². The number of aryl methyl sites for hydroxylation is 1. The monoisotopic (exact) mass is 249 g/mol. The Bertz CT molecular complexity index is 460. The molecular weight excluding hydrogens is 230 g/mol. The summed E-state index contributed by atoms with van der Waals surface area (Å²) in [5.74, 6) is 0.771. The highest BCUT2D eigenvalue weighted by molar-refractivity contribution is 5.81. The minimum absolute atomic E-state index is 0.0236. The Kier molecular flexibility index (Phi) is 3.76. The van der Waals surface area contributed by atoms with Gasteiger partial charge in [-0.05, 0) is 25.8 Å². The molecule has 1 aliphatic rings. The van der Waals surface area contributed by atoms with Crippen molar-refractivity contribution in [2.24, 2.45) is 5.73 Å². The van der Waals surface area contributed by atoms with E-state index in [1.165, 1.54) is 0 Å². The number of hydrogen-bond acceptors (Lipinski definition) is 5. The fraction of sp³-hybridized carbons (Fsp3) is 0.583. The van der Waals surface area contributed by atoms with Gasteiger partial charge in [-0.15, -0.1) is 5.10 Å². The van der Waals surface area contributed by atoms with Gasteiger partial charge in [0.05, 0.1) is 12.2 Å². The third kappa shape index (κ3) is 2.43. The summed E-state index contributed by atoms with van der Waals surface area (Å²) < 4.78 is 0. The van der Waals surface area contributed by atoms with E-state index in [-0.39, 0.29) is 5.91 Å². The summed E-state index contributed by atoms with van der Waals surface area (Å²) in [6.45, 7) is 6.16. The molecule has 2 rings (SSSR count). The number of nitrogens with two attached hydrogens (primary N) is 1. The lowest BCUT2D eigenvalue weighted by atomic mass is 10.1. The fourth-order valence-corrected chi connectivity index (χ4v) is 2.13. The van der Waals surface area contributed by atoms with Gasteiger partial charge in [0, 0.05) is 25.2 Å². The number of nitrogens with zero attached hydrogens (tertiary/aromatic N) is 3. The second kappa shape index (κ2) is 5.30. The van der Waals surface area contributed by atoms with Crippen LogP contribution in [-0.4, -0.2) is 35.7 Å². The lowest BCUT2D eigenvalue weighted by Crippen LogP contribution is -2.34. The van der Waals surface area contributed by atoms with Crippen LogP contribution in [0, 0.1) is 13.8 Å². The van der Waals surface area contributed by atoms with Crippen LogP contribution in [0.1, 0.15) is 23.2 Å². The molecule has 2 heterocycles. The Labute approximate surface area is 107 Å². The highest BCUT2D eigenvalue weighted by Crippen LogP contribution is 2.22. The van der Waals surface area contributed by atoms with Crippen LogP contribution in [0.3, 0.4) is 0 Å². The van der Waals surface area contributed by atoms with Crippen molar-refractivity contribution < 1.29 is 4.79 Å². The first-order chi connectivity index (χ1) is 8.63. The van der Waals surface area contributed by atoms with E-state index >= 15 is 0 Å². The SMILES string of the molecule is Cc1nnc(N2CCCNC(=O)C2)c(CN)c1C. The van der Waals surface area contributed by atoms with E-state index in [9.17, 15) is 4.79 Å². The molecule has 6 nitrogen and oxygen atoms in total. The van der Waals surface area contributed by atoms with E-state index in [1.807, 2.05) is 18.7 Å². The number of nitrogens with one attached hydrogen (secondary N) is 1. The normalized spacial score (nSPS) is 16.4. The van der Waals surface area contributed by atoms with Gasteiger partial charge in [-0.3, -0.25) is 4.79 Å². The summed E-state index contributed by atoms with van der Waals surface area (Å²) in [6.07, 6.45) is 0.907. The fourth-order valence-electron chi connectivity index (χ4n) is 2.13. The molecule has 3 N–H and O–H groups in total. The first-order valence-electron chi connectivity index (χ1n) is 6.18. The van der Waals surface area contributed by atoms with Gasteiger partial charge < -0.3 is 16.0 Å². The predicted molar refractivity (Wildman–Crippen MR) is 69.2 cm³/mol. The molecule has 0 spiro atoms. The molecule has 0 unspecified atom stereocenters. The molecule has 0 radical (unpaired) electrons. The highest BCUT2D eigenvalue weighted by Gasteiger charge is 2.20. The largest absolute Gasteiger partial charge is 0.354 e. The van der Waals surface area contributed by atoms with Crippen molar-refractivity contribution in [1.29, 1.82) is 0 Å². The lowest BCUT2D eigenvalue weighted by molar-refractivity contribution is -0.119. The maximum absolute atomic E-state index is 11.6. The maximum Gasteiger partial charge on any atom is 0.239 e. The zero-order valence-electron chi connectivity index (χ0n) is 10.9. The molecule has 1 fully saturated rings. The van der Waals surface area contributed by atoms with Crippen molar-refractivity contribution in [2.75, 3.05) is 24.5 Å². The molecule has 6 heteroatoms. The smallest absolute Gasteiger partial charge is 0.239 e. The molecule has 98 valence electrons. The Morgan fingerprint density at radius 2 is 2.17 bits per heavy atom. The molecule has 0 atom stereocenters. The van der Waals surface area contributed by atoms with Gasteiger partial charge in [0.15, 0.2) is 5.82 Å². The molecule has 0 bridgehead atoms. The zero-order chi connectivity index (χ0) is 13.1. The average Bonchev–Trinajstić information content (AvgIpc) is 2.57. The van der Waals surface area contributed by atoms with Crippen LogP contribution in [0.2, 0.25) is 0 Å². The number of amides is 1. The number of aromatic nitrogens is 2. The van der Waals surface area contributed by atoms with E-state index < -0.39 is 0 Å². The molecule has 0 saturated carbocycles. The van der Waals surface area contributed by atoms with Gasteiger partial charge in [0.1, 0.15) is 0 Å². The van der Waals surface area contributed by atoms with Crippen molar-refractivity contribution in [1.82, 2.24) is 15.5 Å². The zero-order valence-corrected chi connectivity index (χ0v) is 10.9. The quantitative estimate of drug-likeness (QED) is 0.763. The minimum atomic E-state index is 0.0236. The first-order valence-corrected chi connectivity index (χ1v) is 6.18. The van der Waals surface area contributed by atoms with E-state index in [0.29, 0.717) is 19.6 Å². The number of hydrogen-bond donors (Lipinski definition) is 2. The summed E-state index contributed by atoms with van der Waals surface area (Å²) in [7, 11) is 0. The summed E-state index contributed by atoms with van der Waals surface area (Å²) in [6, 6.07) is 0. The Morgan fingerprint density at radius 3 is 2.89 bits per heavy atom. The van der Waals surface area contributed by atoms with Crippen molar-refractivity contribution >= 4 is 11.7 Å². The second-order valence-electron chi connectivity index (χ2n) is 4.54. The van der Waals surface area contributed by atoms with Gasteiger partial charge in [-0.2, -0.15) is 5.10 Å². The first kappa shape index (κ1) is 12.8. The van der Waals surface area contributed by atoms with Crippen LogP contribution in [0.25, 0.3) is 0 Å². The van der Waals surface area contributed by atoms with Crippen LogP contribution in [0.4, 0.5) is 5.82 Å². The van der Waals surface area contributed by atoms with E-state index in [0.717, 1.165) is 35.6 Å². The molecular formula is C12H19N5O. The minimum Gasteiger partial charge on any atom is -0.354 e. The summed E-state index contributed by atoms with van der Waals surface area (Å²) in [4.78, 5) is 13.5. The molecule has 1 aliphatic heterocycles. The standard InChI is InChI=1S/C12H19N5O/c1-8-9(2)15-16-12(10(8)6-13)17-5-3-4-14-11(18)7-17/h3-7,13H2,1-2H3,(H,14,18). The van der Waals surface area contributed by atoms with E-state index in [1.54, 1.807) is 0 Å². The van der Waals surface area contributed by atoms with Gasteiger partial charge in [0.2, 0.25) is 5.91 Å². The topological polar surface area (TPSA) is 84.1 Å². The van der Waals surface area contributed by atoms with Crippen LogP contribution in [0.5, 0.6) is 0 Å². The molecule has 1 saturated heterocycles. The number of carbonyl (C=O) groups excluding carboxylic acids is 1. The lowest BCUT2D eigenvalue weighted by Gasteiger charge is -2.23. The third-order valence-corrected chi connectivity index (χ3v) is 3.33. The predicted octanol–water partition coefficient (Wildman–Crippen LogP) is -0.122. The number of anilines is 1. The molecule has 0 aromatic carbocycles. The average molecular weight is 249 g/mol. The van der Waals surface area contributed by atoms with Crippen molar-refractivity contribution in [2.45, 2.75) is 26.8 Å². The van der Waals surface area contributed by atoms with E-state index in [4.69, 9.17) is 5.73 Å². The Balaban J connectivity index is 2.37. The van der Waals surface area contributed by atoms with Crippen LogP contribution in [-0.2, 0) is 11.3 Å². The van der Waals surface area contributed by atoms with Gasteiger partial charge in [-0.25, -0.2) is 0 Å². The number of rotatable bonds is 2. The molecule has 1 aromatic heterocycles.